The fraction of sp³-hybridized carbons (Fsp3) is 0.125. The fourth-order valence-corrected chi connectivity index (χ4v) is 1.89. The van der Waals surface area contributed by atoms with Crippen LogP contribution >= 0.6 is 12.2 Å². The van der Waals surface area contributed by atoms with Gasteiger partial charge in [0.25, 0.3) is 0 Å². The van der Waals surface area contributed by atoms with Gasteiger partial charge < -0.3 is 5.73 Å². The van der Waals surface area contributed by atoms with Gasteiger partial charge in [-0.3, -0.25) is 0 Å². The number of thiocarbonyl (C=S) groups is 1. The van der Waals surface area contributed by atoms with E-state index in [1.165, 1.54) is 7.05 Å². The van der Waals surface area contributed by atoms with Crippen molar-refractivity contribution in [1.29, 1.82) is 0 Å². The van der Waals surface area contributed by atoms with Gasteiger partial charge in [-0.05, 0) is 25.2 Å². The second-order valence-electron chi connectivity index (χ2n) is 2.71. The van der Waals surface area contributed by atoms with E-state index in [2.05, 4.69) is 16.9 Å². The lowest BCUT2D eigenvalue weighted by Gasteiger charge is -2.05. The molecule has 0 atom stereocenters. The summed E-state index contributed by atoms with van der Waals surface area (Å²) in [5, 5.41) is 0. The molecule has 0 aliphatic heterocycles. The van der Waals surface area contributed by atoms with Gasteiger partial charge >= 0.3 is 0 Å². The molecule has 0 aliphatic carbocycles. The zero-order chi connectivity index (χ0) is 11.6. The molecule has 4 nitrogen and oxygen atoms in total. The van der Waals surface area contributed by atoms with Gasteiger partial charge in [-0.2, -0.15) is 0 Å². The summed E-state index contributed by atoms with van der Waals surface area (Å²) in [6, 6.07) is 3.26. The van der Waals surface area contributed by atoms with Crippen LogP contribution in [0.25, 0.3) is 0 Å². The molecule has 1 aromatic carbocycles. The molecule has 0 radical (unpaired) electrons. The third kappa shape index (κ3) is 2.49. The van der Waals surface area contributed by atoms with Crippen LogP contribution in [-0.2, 0) is 10.0 Å². The lowest BCUT2D eigenvalue weighted by Crippen LogP contribution is -2.20. The van der Waals surface area contributed by atoms with Crippen molar-refractivity contribution in [2.45, 2.75) is 4.90 Å². The molecule has 0 fully saturated rings. The van der Waals surface area contributed by atoms with Crippen LogP contribution in [-0.4, -0.2) is 20.5 Å². The topological polar surface area (TPSA) is 72.2 Å². The Bertz CT molecular complexity index is 499. The Morgan fingerprint density at radius 3 is 2.60 bits per heavy atom. The lowest BCUT2D eigenvalue weighted by molar-refractivity contribution is 0.587. The molecule has 15 heavy (non-hydrogen) atoms. The monoisotopic (exact) mass is 248 g/mol. The zero-order valence-electron chi connectivity index (χ0n) is 7.82. The van der Waals surface area contributed by atoms with Crippen LogP contribution in [0.2, 0.25) is 0 Å². The molecule has 7 heteroatoms. The highest BCUT2D eigenvalue weighted by molar-refractivity contribution is 7.89. The van der Waals surface area contributed by atoms with Crippen LogP contribution < -0.4 is 10.5 Å². The second-order valence-corrected chi connectivity index (χ2v) is 5.04. The number of hydrogen-bond acceptors (Lipinski definition) is 3. The van der Waals surface area contributed by atoms with Crippen molar-refractivity contribution >= 4 is 27.2 Å². The van der Waals surface area contributed by atoms with Crippen molar-refractivity contribution in [3.05, 3.63) is 29.6 Å². The maximum atomic E-state index is 13.1. The summed E-state index contributed by atoms with van der Waals surface area (Å²) in [7, 11) is -2.34. The number of rotatable bonds is 3. The predicted molar refractivity (Wildman–Crippen MR) is 58.5 cm³/mol. The largest absolute Gasteiger partial charge is 0.389 e. The molecular weight excluding hydrogens is 239 g/mol. The lowest BCUT2D eigenvalue weighted by atomic mass is 10.2. The minimum absolute atomic E-state index is 0.0748. The molecule has 0 heterocycles. The van der Waals surface area contributed by atoms with Gasteiger partial charge in [-0.15, -0.1) is 0 Å². The minimum Gasteiger partial charge on any atom is -0.389 e. The van der Waals surface area contributed by atoms with Crippen molar-refractivity contribution in [2.24, 2.45) is 5.73 Å². The van der Waals surface area contributed by atoms with E-state index >= 15 is 0 Å². The number of nitrogens with one attached hydrogen (secondary N) is 1. The van der Waals surface area contributed by atoms with Crippen LogP contribution in [0.1, 0.15) is 5.56 Å². The summed E-state index contributed by atoms with van der Waals surface area (Å²) in [5.74, 6) is -0.641. The van der Waals surface area contributed by atoms with Crippen LogP contribution in [0.4, 0.5) is 4.39 Å². The molecule has 3 N–H and O–H groups in total. The molecule has 82 valence electrons. The van der Waals surface area contributed by atoms with Crippen molar-refractivity contribution in [2.75, 3.05) is 7.05 Å². The van der Waals surface area contributed by atoms with E-state index in [9.17, 15) is 12.8 Å². The average Bonchev–Trinajstić information content (AvgIpc) is 2.17. The van der Waals surface area contributed by atoms with E-state index in [4.69, 9.17) is 5.73 Å². The molecule has 0 spiro atoms. The Hall–Kier alpha value is -1.05. The van der Waals surface area contributed by atoms with Gasteiger partial charge in [0.2, 0.25) is 10.0 Å². The van der Waals surface area contributed by atoms with Crippen molar-refractivity contribution < 1.29 is 12.8 Å². The predicted octanol–water partition coefficient (Wildman–Crippen LogP) is 0.368. The maximum absolute atomic E-state index is 13.1. The van der Waals surface area contributed by atoms with E-state index in [1.54, 1.807) is 0 Å². The van der Waals surface area contributed by atoms with Gasteiger partial charge in [0, 0.05) is 5.56 Å². The standard InChI is InChI=1S/C8H9FN2O2S2/c1-11-15(12,13)5-2-3-7(9)6(4-5)8(10)14/h2-4,11H,1H3,(H2,10,14). The van der Waals surface area contributed by atoms with E-state index in [1.807, 2.05) is 0 Å². The van der Waals surface area contributed by atoms with Crippen molar-refractivity contribution in [3.63, 3.8) is 0 Å². The Morgan fingerprint density at radius 1 is 1.53 bits per heavy atom. The first kappa shape index (κ1) is 12.0. The molecule has 0 saturated carbocycles. The van der Waals surface area contributed by atoms with Gasteiger partial charge in [-0.1, -0.05) is 12.2 Å². The Kier molecular flexibility index (Phi) is 3.38. The highest BCUT2D eigenvalue weighted by Crippen LogP contribution is 2.14. The number of halogens is 1. The third-order valence-corrected chi connectivity index (χ3v) is 3.41. The number of hydrogen-bond donors (Lipinski definition) is 2. The smallest absolute Gasteiger partial charge is 0.240 e. The van der Waals surface area contributed by atoms with E-state index < -0.39 is 15.8 Å². The Morgan fingerprint density at radius 2 is 2.13 bits per heavy atom. The summed E-state index contributed by atoms with van der Waals surface area (Å²) in [6.45, 7) is 0. The minimum atomic E-state index is -3.60. The Labute approximate surface area is 92.3 Å². The summed E-state index contributed by atoms with van der Waals surface area (Å²) < 4.78 is 38.0. The first-order valence-corrected chi connectivity index (χ1v) is 5.80. The molecule has 1 aromatic rings. The fourth-order valence-electron chi connectivity index (χ4n) is 0.978. The Balaban J connectivity index is 3.38. The molecule has 0 unspecified atom stereocenters. The number of benzene rings is 1. The van der Waals surface area contributed by atoms with Gasteiger partial charge in [0.05, 0.1) is 4.90 Å². The molecular formula is C8H9FN2O2S2. The molecule has 0 bridgehead atoms. The van der Waals surface area contributed by atoms with Crippen molar-refractivity contribution in [1.82, 2.24) is 4.72 Å². The van der Waals surface area contributed by atoms with Crippen LogP contribution in [0.15, 0.2) is 23.1 Å². The molecule has 0 aromatic heterocycles. The normalized spacial score (nSPS) is 11.3. The van der Waals surface area contributed by atoms with Gasteiger partial charge in [0.1, 0.15) is 10.8 Å². The van der Waals surface area contributed by atoms with Crippen molar-refractivity contribution in [3.8, 4) is 0 Å². The van der Waals surface area contributed by atoms with E-state index in [0.717, 1.165) is 18.2 Å². The van der Waals surface area contributed by atoms with Crippen LogP contribution in [0.5, 0.6) is 0 Å². The molecule has 0 aliphatic rings. The molecule has 1 rings (SSSR count). The summed E-state index contributed by atoms with van der Waals surface area (Å²) in [6.07, 6.45) is 0. The van der Waals surface area contributed by atoms with Crippen LogP contribution in [0.3, 0.4) is 0 Å². The number of sulfonamides is 1. The van der Waals surface area contributed by atoms with E-state index in [0.29, 0.717) is 0 Å². The average molecular weight is 248 g/mol. The van der Waals surface area contributed by atoms with E-state index in [-0.39, 0.29) is 15.4 Å². The summed E-state index contributed by atoms with van der Waals surface area (Å²) in [5.41, 5.74) is 5.16. The molecule has 0 saturated heterocycles. The second kappa shape index (κ2) is 4.21. The quantitative estimate of drug-likeness (QED) is 0.758. The van der Waals surface area contributed by atoms with Gasteiger partial charge in [0.15, 0.2) is 0 Å². The SMILES string of the molecule is CNS(=O)(=O)c1ccc(F)c(C(N)=S)c1. The maximum Gasteiger partial charge on any atom is 0.240 e. The number of nitrogens with two attached hydrogens (primary N) is 1. The summed E-state index contributed by atoms with van der Waals surface area (Å²) >= 11 is 4.59. The zero-order valence-corrected chi connectivity index (χ0v) is 9.45. The highest BCUT2D eigenvalue weighted by Gasteiger charge is 2.14. The first-order valence-electron chi connectivity index (χ1n) is 3.91. The summed E-state index contributed by atoms with van der Waals surface area (Å²) in [4.78, 5) is -0.255. The van der Waals surface area contributed by atoms with Gasteiger partial charge in [-0.25, -0.2) is 17.5 Å². The third-order valence-electron chi connectivity index (χ3n) is 1.78. The highest BCUT2D eigenvalue weighted by atomic mass is 32.2. The molecule has 0 amide bonds. The first-order chi connectivity index (χ1) is 6.88. The van der Waals surface area contributed by atoms with Crippen LogP contribution in [0, 0.1) is 5.82 Å².